The minimum Gasteiger partial charge on any atom is -0.360 e. The van der Waals surface area contributed by atoms with Crippen LogP contribution in [-0.2, 0) is 0 Å². The minimum atomic E-state index is 0.00646. The molecule has 2 heterocycles. The number of nitrogens with one attached hydrogen (secondary N) is 1. The molecular weight excluding hydrogens is 458 g/mol. The molecule has 0 aliphatic rings. The van der Waals surface area contributed by atoms with Crippen LogP contribution in [-0.4, -0.2) is 10.8 Å². The third-order valence-corrected chi connectivity index (χ3v) is 5.80. The molecule has 0 atom stereocenters. The second-order valence-corrected chi connectivity index (χ2v) is 8.54. The molecular formula is C13H6Br3NOS. The molecule has 2 aromatic heterocycles. The first-order chi connectivity index (χ1) is 9.08. The van der Waals surface area contributed by atoms with E-state index in [9.17, 15) is 4.79 Å². The summed E-state index contributed by atoms with van der Waals surface area (Å²) in [7, 11) is 0. The van der Waals surface area contributed by atoms with E-state index in [0.717, 1.165) is 22.9 Å². The maximum atomic E-state index is 12.6. The summed E-state index contributed by atoms with van der Waals surface area (Å²) in [5.41, 5.74) is 2.30. The van der Waals surface area contributed by atoms with E-state index < -0.39 is 0 Å². The van der Waals surface area contributed by atoms with Gasteiger partial charge in [-0.05, 0) is 50.1 Å². The topological polar surface area (TPSA) is 32.9 Å². The first-order valence-electron chi connectivity index (χ1n) is 5.33. The van der Waals surface area contributed by atoms with Gasteiger partial charge >= 0.3 is 0 Å². The molecule has 0 unspecified atom stereocenters. The summed E-state index contributed by atoms with van der Waals surface area (Å²) in [5.74, 6) is 0.00646. The van der Waals surface area contributed by atoms with Gasteiger partial charge in [0.05, 0.1) is 7.57 Å². The summed E-state index contributed by atoms with van der Waals surface area (Å²) in [6, 6.07) is 7.67. The van der Waals surface area contributed by atoms with Crippen LogP contribution in [0.15, 0.2) is 42.5 Å². The van der Waals surface area contributed by atoms with Crippen LogP contribution in [0.25, 0.3) is 10.9 Å². The molecule has 0 bridgehead atoms. The van der Waals surface area contributed by atoms with Gasteiger partial charge in [0.2, 0.25) is 0 Å². The van der Waals surface area contributed by atoms with Crippen molar-refractivity contribution in [1.29, 1.82) is 0 Å². The number of hydrogen-bond acceptors (Lipinski definition) is 2. The first-order valence-corrected chi connectivity index (χ1v) is 8.52. The van der Waals surface area contributed by atoms with Gasteiger partial charge in [0.15, 0.2) is 5.78 Å². The molecule has 3 aromatic rings. The van der Waals surface area contributed by atoms with Crippen molar-refractivity contribution in [3.8, 4) is 0 Å². The number of aromatic amines is 1. The van der Waals surface area contributed by atoms with Gasteiger partial charge in [0, 0.05) is 32.7 Å². The molecule has 3 rings (SSSR count). The Bertz CT molecular complexity index is 790. The Kier molecular flexibility index (Phi) is 3.68. The number of benzene rings is 1. The van der Waals surface area contributed by atoms with Gasteiger partial charge < -0.3 is 4.98 Å². The Hall–Kier alpha value is -0.430. The van der Waals surface area contributed by atoms with Crippen molar-refractivity contribution >= 4 is 75.8 Å². The van der Waals surface area contributed by atoms with Gasteiger partial charge in [-0.1, -0.05) is 22.0 Å². The Morgan fingerprint density at radius 3 is 2.63 bits per heavy atom. The predicted molar refractivity (Wildman–Crippen MR) is 89.2 cm³/mol. The second-order valence-electron chi connectivity index (χ2n) is 3.93. The lowest BCUT2D eigenvalue weighted by Crippen LogP contribution is -1.99. The first kappa shape index (κ1) is 13.5. The van der Waals surface area contributed by atoms with Crippen molar-refractivity contribution in [3.63, 3.8) is 0 Å². The van der Waals surface area contributed by atoms with Crippen LogP contribution in [0, 0.1) is 0 Å². The highest BCUT2D eigenvalue weighted by Gasteiger charge is 2.20. The van der Waals surface area contributed by atoms with E-state index in [-0.39, 0.29) is 5.78 Å². The SMILES string of the molecule is O=C(c1cc(Br)sc1Br)c1c[nH]c2cccc(Br)c12. The highest BCUT2D eigenvalue weighted by atomic mass is 79.9. The zero-order valence-corrected chi connectivity index (χ0v) is 14.9. The largest absolute Gasteiger partial charge is 0.360 e. The summed E-state index contributed by atoms with van der Waals surface area (Å²) in [5, 5.41) is 0.918. The Morgan fingerprint density at radius 1 is 1.16 bits per heavy atom. The van der Waals surface area contributed by atoms with Crippen LogP contribution < -0.4 is 0 Å². The number of aromatic nitrogens is 1. The number of H-pyrrole nitrogens is 1. The van der Waals surface area contributed by atoms with E-state index in [2.05, 4.69) is 52.8 Å². The fraction of sp³-hybridized carbons (Fsp3) is 0. The van der Waals surface area contributed by atoms with E-state index in [0.29, 0.717) is 11.1 Å². The van der Waals surface area contributed by atoms with Crippen LogP contribution in [0.5, 0.6) is 0 Å². The number of carbonyl (C=O) groups is 1. The molecule has 2 nitrogen and oxygen atoms in total. The second kappa shape index (κ2) is 5.16. The van der Waals surface area contributed by atoms with Crippen LogP contribution in [0.4, 0.5) is 0 Å². The van der Waals surface area contributed by atoms with Gasteiger partial charge in [-0.25, -0.2) is 0 Å². The average molecular weight is 464 g/mol. The summed E-state index contributed by atoms with van der Waals surface area (Å²) in [4.78, 5) is 15.8. The number of fused-ring (bicyclic) bond motifs is 1. The zero-order chi connectivity index (χ0) is 13.6. The molecule has 1 aromatic carbocycles. The number of hydrogen-bond donors (Lipinski definition) is 1. The molecule has 96 valence electrons. The maximum Gasteiger partial charge on any atom is 0.197 e. The lowest BCUT2D eigenvalue weighted by molar-refractivity contribution is 0.104. The number of halogens is 3. The van der Waals surface area contributed by atoms with Crippen molar-refractivity contribution in [1.82, 2.24) is 4.98 Å². The molecule has 0 radical (unpaired) electrons. The standard InChI is InChI=1S/C13H6Br3NOS/c14-8-2-1-3-9-11(8)7(5-17-9)12(18)6-4-10(15)19-13(6)16/h1-5,17H. The fourth-order valence-corrected chi connectivity index (χ4v) is 5.33. The van der Waals surface area contributed by atoms with Gasteiger partial charge in [0.1, 0.15) is 0 Å². The molecule has 6 heteroatoms. The minimum absolute atomic E-state index is 0.00646. The van der Waals surface area contributed by atoms with Crippen molar-refractivity contribution in [2.24, 2.45) is 0 Å². The fourth-order valence-electron chi connectivity index (χ4n) is 1.96. The number of thiophene rings is 1. The quantitative estimate of drug-likeness (QED) is 0.482. The zero-order valence-electron chi connectivity index (χ0n) is 9.34. The third kappa shape index (κ3) is 2.35. The van der Waals surface area contributed by atoms with Crippen LogP contribution in [0.2, 0.25) is 0 Å². The Labute approximate surface area is 138 Å². The summed E-state index contributed by atoms with van der Waals surface area (Å²) < 4.78 is 2.69. The molecule has 1 N–H and O–H groups in total. The molecule has 0 saturated heterocycles. The van der Waals surface area contributed by atoms with Crippen molar-refractivity contribution in [2.45, 2.75) is 0 Å². The van der Waals surface area contributed by atoms with E-state index in [1.807, 2.05) is 24.3 Å². The highest BCUT2D eigenvalue weighted by Crippen LogP contribution is 2.35. The van der Waals surface area contributed by atoms with Gasteiger partial charge in [0.25, 0.3) is 0 Å². The van der Waals surface area contributed by atoms with Crippen molar-refractivity contribution < 1.29 is 4.79 Å². The van der Waals surface area contributed by atoms with Gasteiger partial charge in [-0.3, -0.25) is 4.79 Å². The summed E-state index contributed by atoms with van der Waals surface area (Å²) in [6.07, 6.45) is 1.76. The molecule has 0 fully saturated rings. The third-order valence-electron chi connectivity index (χ3n) is 2.80. The lowest BCUT2D eigenvalue weighted by Gasteiger charge is -2.00. The van der Waals surface area contributed by atoms with E-state index >= 15 is 0 Å². The van der Waals surface area contributed by atoms with Gasteiger partial charge in [-0.2, -0.15) is 0 Å². The van der Waals surface area contributed by atoms with E-state index in [1.54, 1.807) is 6.20 Å². The monoisotopic (exact) mass is 461 g/mol. The van der Waals surface area contributed by atoms with Crippen molar-refractivity contribution in [2.75, 3.05) is 0 Å². The van der Waals surface area contributed by atoms with Crippen LogP contribution in [0.1, 0.15) is 15.9 Å². The Morgan fingerprint density at radius 2 is 1.95 bits per heavy atom. The molecule has 19 heavy (non-hydrogen) atoms. The Balaban J connectivity index is 2.20. The van der Waals surface area contributed by atoms with Crippen LogP contribution >= 0.6 is 59.1 Å². The number of rotatable bonds is 2. The summed E-state index contributed by atoms with van der Waals surface area (Å²) in [6.45, 7) is 0. The smallest absolute Gasteiger partial charge is 0.197 e. The predicted octanol–water partition coefficient (Wildman–Crippen LogP) is 5.75. The molecule has 0 amide bonds. The number of carbonyl (C=O) groups excluding carboxylic acids is 1. The van der Waals surface area contributed by atoms with Crippen LogP contribution in [0.3, 0.4) is 0 Å². The summed E-state index contributed by atoms with van der Waals surface area (Å²) >= 11 is 11.8. The molecule has 0 saturated carbocycles. The van der Waals surface area contributed by atoms with Gasteiger partial charge in [-0.15, -0.1) is 11.3 Å². The molecule has 0 spiro atoms. The maximum absolute atomic E-state index is 12.6. The average Bonchev–Trinajstić information content (AvgIpc) is 2.93. The van der Waals surface area contributed by atoms with E-state index in [1.165, 1.54) is 11.3 Å². The lowest BCUT2D eigenvalue weighted by atomic mass is 10.1. The molecule has 0 aliphatic heterocycles. The normalized spacial score (nSPS) is 11.1. The van der Waals surface area contributed by atoms with Crippen molar-refractivity contribution in [3.05, 3.63) is 53.6 Å². The number of ketones is 1. The highest BCUT2D eigenvalue weighted by molar-refractivity contribution is 9.12. The molecule has 0 aliphatic carbocycles. The van der Waals surface area contributed by atoms with E-state index in [4.69, 9.17) is 0 Å².